The van der Waals surface area contributed by atoms with Gasteiger partial charge in [0.1, 0.15) is 6.21 Å². The van der Waals surface area contributed by atoms with Crippen molar-refractivity contribution in [2.75, 3.05) is 19.0 Å². The van der Waals surface area contributed by atoms with E-state index in [0.29, 0.717) is 11.4 Å². The zero-order chi connectivity index (χ0) is 20.2. The fraction of sp³-hybridized carbons (Fsp3) is 0.0870. The molecule has 3 nitrogen and oxygen atoms in total. The van der Waals surface area contributed by atoms with Gasteiger partial charge in [-0.2, -0.15) is 0 Å². The molecule has 2 aliphatic rings. The van der Waals surface area contributed by atoms with Crippen molar-refractivity contribution in [3.8, 4) is 11.1 Å². The molecule has 0 N–H and O–H groups in total. The maximum atomic E-state index is 15.1. The Labute approximate surface area is 168 Å². The maximum Gasteiger partial charge on any atom is 0.737 e. The van der Waals surface area contributed by atoms with E-state index in [4.69, 9.17) is 0 Å². The van der Waals surface area contributed by atoms with Crippen molar-refractivity contribution in [2.45, 2.75) is 0 Å². The van der Waals surface area contributed by atoms with E-state index in [1.807, 2.05) is 38.4 Å². The van der Waals surface area contributed by atoms with Crippen molar-refractivity contribution < 1.29 is 13.1 Å². The first-order valence-corrected chi connectivity index (χ1v) is 9.59. The van der Waals surface area contributed by atoms with Crippen LogP contribution in [0.3, 0.4) is 0 Å². The molecule has 1 aromatic heterocycles. The largest absolute Gasteiger partial charge is 0.737 e. The normalized spacial score (nSPS) is 16.5. The van der Waals surface area contributed by atoms with E-state index in [1.165, 1.54) is 12.4 Å². The van der Waals surface area contributed by atoms with E-state index < -0.39 is 6.97 Å². The summed E-state index contributed by atoms with van der Waals surface area (Å²) in [5.74, 6) is 0. The topological polar surface area (TPSA) is 11.2 Å². The number of anilines is 1. The second-order valence-electron chi connectivity index (χ2n) is 7.55. The van der Waals surface area contributed by atoms with Gasteiger partial charge in [0.05, 0.1) is 5.57 Å². The number of fused-ring (bicyclic) bond motifs is 2. The molecule has 2 aromatic carbocycles. The predicted molar refractivity (Wildman–Crippen MR) is 115 cm³/mol. The van der Waals surface area contributed by atoms with E-state index in [-0.39, 0.29) is 0 Å². The van der Waals surface area contributed by atoms with Crippen LogP contribution in [0.2, 0.25) is 0 Å². The molecule has 0 radical (unpaired) electrons. The lowest BCUT2D eigenvalue weighted by Gasteiger charge is -2.31. The first kappa shape index (κ1) is 17.7. The van der Waals surface area contributed by atoms with Crippen LogP contribution in [-0.4, -0.2) is 36.2 Å². The van der Waals surface area contributed by atoms with Crippen LogP contribution in [0.5, 0.6) is 0 Å². The third kappa shape index (κ3) is 2.59. The van der Waals surface area contributed by atoms with Gasteiger partial charge in [0.2, 0.25) is 0 Å². The summed E-state index contributed by atoms with van der Waals surface area (Å²) in [7, 11) is 4.01. The molecule has 3 aromatic rings. The quantitative estimate of drug-likeness (QED) is 0.584. The van der Waals surface area contributed by atoms with Crippen LogP contribution in [-0.2, 0) is 0 Å². The zero-order valence-corrected chi connectivity index (χ0v) is 16.3. The molecule has 3 heterocycles. The highest BCUT2D eigenvalue weighted by molar-refractivity contribution is 6.57. The molecule has 0 bridgehead atoms. The Bertz CT molecular complexity index is 1200. The molecule has 0 spiro atoms. The van der Waals surface area contributed by atoms with Crippen LogP contribution < -0.4 is 4.90 Å². The van der Waals surface area contributed by atoms with E-state index >= 15 is 8.63 Å². The minimum Gasteiger partial charge on any atom is -0.396 e. The molecule has 29 heavy (non-hydrogen) atoms. The molecular weight excluding hydrogens is 367 g/mol. The minimum absolute atomic E-state index is 0.540. The Hall–Kier alpha value is -3.41. The summed E-state index contributed by atoms with van der Waals surface area (Å²) in [4.78, 5) is 2.05. The summed E-state index contributed by atoms with van der Waals surface area (Å²) in [6.07, 6.45) is 6.39. The molecule has 144 valence electrons. The molecule has 0 saturated carbocycles. The molecular formula is C23H20BF2N3. The Balaban J connectivity index is 1.74. The van der Waals surface area contributed by atoms with Crippen molar-refractivity contribution in [1.82, 2.24) is 4.48 Å². The van der Waals surface area contributed by atoms with Crippen molar-refractivity contribution in [1.29, 1.82) is 0 Å². The van der Waals surface area contributed by atoms with E-state index in [0.717, 1.165) is 36.9 Å². The number of benzene rings is 2. The van der Waals surface area contributed by atoms with Gasteiger partial charge in [-0.05, 0) is 47.2 Å². The van der Waals surface area contributed by atoms with Crippen LogP contribution >= 0.6 is 0 Å². The van der Waals surface area contributed by atoms with Crippen LogP contribution in [0, 0.1) is 0 Å². The number of allylic oxidation sites excluding steroid dienone is 2. The zero-order valence-electron chi connectivity index (χ0n) is 16.3. The van der Waals surface area contributed by atoms with E-state index in [9.17, 15) is 0 Å². The highest BCUT2D eigenvalue weighted by atomic mass is 19.2. The summed E-state index contributed by atoms with van der Waals surface area (Å²) < 4.78 is 32.3. The standard InChI is InChI=1S/C23H20BF2N3/c1-27(2)18-13-11-17(12-14-18)19-7-3-4-8-20(19)23-21-9-5-15-28(21)24(25,26)29-16-6-10-22(23)29/h3-16H,1-2H3. The third-order valence-electron chi connectivity index (χ3n) is 5.63. The summed E-state index contributed by atoms with van der Waals surface area (Å²) in [6.45, 7) is -3.89. The Morgan fingerprint density at radius 3 is 2.34 bits per heavy atom. The lowest BCUT2D eigenvalue weighted by atomic mass is 9.84. The van der Waals surface area contributed by atoms with Gasteiger partial charge in [0, 0.05) is 37.6 Å². The highest BCUT2D eigenvalue weighted by Crippen LogP contribution is 2.41. The number of rotatable bonds is 3. The fourth-order valence-corrected chi connectivity index (χ4v) is 4.19. The number of nitrogens with zero attached hydrogens (tertiary/aromatic N) is 3. The Morgan fingerprint density at radius 1 is 0.897 bits per heavy atom. The smallest absolute Gasteiger partial charge is 0.396 e. The van der Waals surface area contributed by atoms with Gasteiger partial charge in [-0.15, -0.1) is 0 Å². The molecule has 0 aliphatic carbocycles. The van der Waals surface area contributed by atoms with E-state index in [1.54, 1.807) is 24.3 Å². The number of halogens is 2. The second-order valence-corrected chi connectivity index (χ2v) is 7.55. The van der Waals surface area contributed by atoms with Crippen molar-refractivity contribution in [3.63, 3.8) is 0 Å². The Morgan fingerprint density at radius 2 is 1.62 bits per heavy atom. The van der Waals surface area contributed by atoms with Crippen LogP contribution in [0.15, 0.2) is 84.7 Å². The van der Waals surface area contributed by atoms with E-state index in [2.05, 4.69) is 29.2 Å². The van der Waals surface area contributed by atoms with Gasteiger partial charge in [-0.3, -0.25) is 0 Å². The molecule has 0 saturated heterocycles. The maximum absolute atomic E-state index is 15.1. The van der Waals surface area contributed by atoms with Gasteiger partial charge in [0.25, 0.3) is 0 Å². The van der Waals surface area contributed by atoms with Gasteiger partial charge in [0.15, 0.2) is 5.70 Å². The highest BCUT2D eigenvalue weighted by Gasteiger charge is 2.51. The summed E-state index contributed by atoms with van der Waals surface area (Å²) in [6, 6.07) is 19.8. The van der Waals surface area contributed by atoms with Gasteiger partial charge >= 0.3 is 6.97 Å². The average molecular weight is 387 g/mol. The average Bonchev–Trinajstić information content (AvgIpc) is 3.40. The Kier molecular flexibility index (Phi) is 3.84. The summed E-state index contributed by atoms with van der Waals surface area (Å²) >= 11 is 0. The summed E-state index contributed by atoms with van der Waals surface area (Å²) in [5, 5.41) is 0. The summed E-state index contributed by atoms with van der Waals surface area (Å²) in [5.41, 5.74) is 6.03. The fourth-order valence-electron chi connectivity index (χ4n) is 4.19. The molecule has 5 rings (SSSR count). The van der Waals surface area contributed by atoms with Gasteiger partial charge < -0.3 is 22.5 Å². The molecule has 2 aliphatic heterocycles. The minimum atomic E-state index is -3.89. The monoisotopic (exact) mass is 387 g/mol. The second kappa shape index (κ2) is 6.31. The van der Waals surface area contributed by atoms with Crippen molar-refractivity contribution in [2.24, 2.45) is 0 Å². The molecule has 0 fully saturated rings. The molecule has 0 amide bonds. The van der Waals surface area contributed by atoms with Gasteiger partial charge in [-0.1, -0.05) is 36.4 Å². The number of aromatic nitrogens is 1. The molecule has 6 heteroatoms. The van der Waals surface area contributed by atoms with Gasteiger partial charge in [-0.25, -0.2) is 0 Å². The molecule has 0 atom stereocenters. The number of hydrogen-bond donors (Lipinski definition) is 0. The number of hydrogen-bond acceptors (Lipinski definition) is 1. The van der Waals surface area contributed by atoms with Crippen LogP contribution in [0.25, 0.3) is 16.7 Å². The predicted octanol–water partition coefficient (Wildman–Crippen LogP) is 4.87. The lowest BCUT2D eigenvalue weighted by molar-refractivity contribution is -0.356. The van der Waals surface area contributed by atoms with Crippen molar-refractivity contribution in [3.05, 3.63) is 96.0 Å². The SMILES string of the molecule is CN(C)c1ccc(-c2ccccc2C2=C3C=CC=[N+]3[B-](F)(F)n3cccc32)cc1. The first-order chi connectivity index (χ1) is 14.0. The van der Waals surface area contributed by atoms with Crippen molar-refractivity contribution >= 4 is 24.4 Å². The third-order valence-corrected chi connectivity index (χ3v) is 5.63. The first-order valence-electron chi connectivity index (χ1n) is 9.59. The lowest BCUT2D eigenvalue weighted by Crippen LogP contribution is -2.49. The van der Waals surface area contributed by atoms with Crippen LogP contribution in [0.1, 0.15) is 11.3 Å². The molecule has 0 unspecified atom stereocenters. The van der Waals surface area contributed by atoms with Crippen LogP contribution in [0.4, 0.5) is 14.3 Å².